The molecular weight excluding hydrogens is 619 g/mol. The molecule has 4 aliphatic carbocycles. The molecule has 3 aromatic rings. The summed E-state index contributed by atoms with van der Waals surface area (Å²) in [5, 5.41) is 3.97. The van der Waals surface area contributed by atoms with Crippen molar-refractivity contribution in [2.24, 2.45) is 16.8 Å². The lowest BCUT2D eigenvalue weighted by molar-refractivity contribution is 0.450. The summed E-state index contributed by atoms with van der Waals surface area (Å²) in [5.41, 5.74) is 13.5. The number of hydrogen-bond donors (Lipinski definition) is 1. The van der Waals surface area contributed by atoms with Crippen molar-refractivity contribution in [2.75, 3.05) is 4.90 Å². The second-order valence-corrected chi connectivity index (χ2v) is 15.3. The van der Waals surface area contributed by atoms with Crippen molar-refractivity contribution in [3.63, 3.8) is 0 Å². The van der Waals surface area contributed by atoms with Crippen LogP contribution in [0.15, 0.2) is 190 Å². The summed E-state index contributed by atoms with van der Waals surface area (Å²) >= 11 is 0. The first-order valence-electron chi connectivity index (χ1n) is 19.0. The van der Waals surface area contributed by atoms with Gasteiger partial charge in [-0.05, 0) is 120 Å². The lowest BCUT2D eigenvalue weighted by Gasteiger charge is -2.39. The van der Waals surface area contributed by atoms with E-state index in [1.165, 1.54) is 55.9 Å². The number of hydrogen-bond acceptors (Lipinski definition) is 2. The molecule has 51 heavy (non-hydrogen) atoms. The number of amidine groups is 1. The average molecular weight is 666 g/mol. The van der Waals surface area contributed by atoms with Gasteiger partial charge in [0.25, 0.3) is 0 Å². The number of nitrogens with zero attached hydrogens (tertiary/aromatic N) is 2. The van der Waals surface area contributed by atoms with Crippen LogP contribution >= 0.6 is 0 Å². The Hall–Kier alpha value is -5.15. The predicted octanol–water partition coefficient (Wildman–Crippen LogP) is 10.7. The molecule has 0 radical (unpaired) electrons. The summed E-state index contributed by atoms with van der Waals surface area (Å²) in [5.74, 6) is 1.90. The van der Waals surface area contributed by atoms with Crippen molar-refractivity contribution in [1.82, 2.24) is 5.32 Å². The van der Waals surface area contributed by atoms with Crippen LogP contribution < -0.4 is 10.2 Å². The zero-order valence-electron chi connectivity index (χ0n) is 29.8. The number of anilines is 1. The van der Waals surface area contributed by atoms with E-state index in [4.69, 9.17) is 4.99 Å². The number of rotatable bonds is 7. The summed E-state index contributed by atoms with van der Waals surface area (Å²) in [6.45, 7) is 4.66. The molecule has 1 N–H and O–H groups in total. The van der Waals surface area contributed by atoms with Gasteiger partial charge in [-0.1, -0.05) is 128 Å². The van der Waals surface area contributed by atoms with Crippen LogP contribution in [0.2, 0.25) is 0 Å². The number of nitrogens with one attached hydrogen (secondary N) is 1. The summed E-state index contributed by atoms with van der Waals surface area (Å²) in [4.78, 5) is 8.25. The fourth-order valence-corrected chi connectivity index (χ4v) is 9.07. The molecule has 3 nitrogen and oxygen atoms in total. The maximum atomic E-state index is 5.67. The van der Waals surface area contributed by atoms with Gasteiger partial charge < -0.3 is 10.2 Å². The minimum absolute atomic E-state index is 0.173. The van der Waals surface area contributed by atoms with Gasteiger partial charge in [-0.2, -0.15) is 0 Å². The summed E-state index contributed by atoms with van der Waals surface area (Å²) in [6.07, 6.45) is 27.9. The second kappa shape index (κ2) is 13.2. The van der Waals surface area contributed by atoms with Crippen molar-refractivity contribution in [2.45, 2.75) is 70.0 Å². The minimum atomic E-state index is -0.352. The first-order valence-corrected chi connectivity index (χ1v) is 19.0. The van der Waals surface area contributed by atoms with E-state index in [1.54, 1.807) is 0 Å². The van der Waals surface area contributed by atoms with Gasteiger partial charge in [0.2, 0.25) is 0 Å². The van der Waals surface area contributed by atoms with Crippen LogP contribution in [0.3, 0.4) is 0 Å². The fourth-order valence-electron chi connectivity index (χ4n) is 9.07. The lowest BCUT2D eigenvalue weighted by Crippen LogP contribution is -2.47. The Kier molecular flexibility index (Phi) is 8.23. The lowest BCUT2D eigenvalue weighted by atomic mass is 9.75. The molecule has 2 aliphatic heterocycles. The van der Waals surface area contributed by atoms with Crippen molar-refractivity contribution in [3.05, 3.63) is 196 Å². The maximum Gasteiger partial charge on any atom is 0.125 e. The highest BCUT2D eigenvalue weighted by molar-refractivity contribution is 6.01. The van der Waals surface area contributed by atoms with Gasteiger partial charge in [-0.25, -0.2) is 0 Å². The van der Waals surface area contributed by atoms with Gasteiger partial charge in [0, 0.05) is 17.3 Å². The van der Waals surface area contributed by atoms with E-state index in [0.717, 1.165) is 44.4 Å². The number of benzene rings is 3. The predicted molar refractivity (Wildman–Crippen MR) is 212 cm³/mol. The molecule has 3 aromatic carbocycles. The van der Waals surface area contributed by atoms with Gasteiger partial charge in [0.05, 0.1) is 17.6 Å². The minimum Gasteiger partial charge on any atom is -0.363 e. The van der Waals surface area contributed by atoms with E-state index in [9.17, 15) is 0 Å². The maximum absolute atomic E-state index is 5.67. The Labute approximate surface area is 303 Å². The van der Waals surface area contributed by atoms with E-state index in [2.05, 4.69) is 170 Å². The van der Waals surface area contributed by atoms with Crippen molar-refractivity contribution in [1.29, 1.82) is 0 Å². The van der Waals surface area contributed by atoms with Gasteiger partial charge in [-0.15, -0.1) is 0 Å². The monoisotopic (exact) mass is 665 g/mol. The molecule has 5 atom stereocenters. The molecule has 0 saturated heterocycles. The second-order valence-electron chi connectivity index (χ2n) is 15.3. The molecule has 3 heteroatoms. The average Bonchev–Trinajstić information content (AvgIpc) is 3.51. The summed E-state index contributed by atoms with van der Waals surface area (Å²) in [7, 11) is 0. The molecule has 2 heterocycles. The van der Waals surface area contributed by atoms with E-state index in [1.807, 2.05) is 0 Å². The number of fused-ring (bicyclic) bond motifs is 4. The van der Waals surface area contributed by atoms with Crippen molar-refractivity contribution < 1.29 is 0 Å². The summed E-state index contributed by atoms with van der Waals surface area (Å²) < 4.78 is 0. The van der Waals surface area contributed by atoms with E-state index >= 15 is 0 Å². The van der Waals surface area contributed by atoms with Crippen LogP contribution in [0.25, 0.3) is 0 Å². The van der Waals surface area contributed by atoms with Crippen molar-refractivity contribution in [3.8, 4) is 0 Å². The van der Waals surface area contributed by atoms with Crippen LogP contribution in [-0.4, -0.2) is 17.9 Å². The quantitative estimate of drug-likeness (QED) is 0.272. The van der Waals surface area contributed by atoms with Crippen molar-refractivity contribution >= 4 is 11.5 Å². The topological polar surface area (TPSA) is 27.6 Å². The Balaban J connectivity index is 1.05. The SMILES string of the molecule is CC1C=CC2=C(C1)C1=CC(C3=CC4C5=C(CCC=C5)/C(=N/[C@@](C)(CCc5ccccc5)c5ccccc5)NC4C=C3)=CCC1N2c1ccccc1. The zero-order valence-corrected chi connectivity index (χ0v) is 29.8. The molecule has 0 spiro atoms. The number of aryl methyl sites for hydroxylation is 1. The van der Waals surface area contributed by atoms with Gasteiger partial charge in [0.1, 0.15) is 5.84 Å². The number of allylic oxidation sites excluding steroid dienone is 8. The molecule has 4 unspecified atom stereocenters. The third kappa shape index (κ3) is 5.93. The smallest absolute Gasteiger partial charge is 0.125 e. The van der Waals surface area contributed by atoms with Crippen LogP contribution in [0, 0.1) is 11.8 Å². The first-order chi connectivity index (χ1) is 25.0. The van der Waals surface area contributed by atoms with Gasteiger partial charge in [-0.3, -0.25) is 4.99 Å². The Morgan fingerprint density at radius 2 is 1.61 bits per heavy atom. The molecule has 6 aliphatic rings. The van der Waals surface area contributed by atoms with Gasteiger partial charge >= 0.3 is 0 Å². The number of aliphatic imine (C=N–C) groups is 1. The highest BCUT2D eigenvalue weighted by Crippen LogP contribution is 2.48. The normalized spacial score (nSPS) is 26.7. The van der Waals surface area contributed by atoms with E-state index in [-0.39, 0.29) is 17.5 Å². The molecule has 0 fully saturated rings. The first kappa shape index (κ1) is 31.8. The molecule has 0 amide bonds. The fraction of sp³-hybridized carbons (Fsp3) is 0.271. The molecule has 254 valence electrons. The van der Waals surface area contributed by atoms with Crippen LogP contribution in [-0.2, 0) is 12.0 Å². The molecule has 0 bridgehead atoms. The molecule has 9 rings (SSSR count). The Morgan fingerprint density at radius 3 is 2.41 bits per heavy atom. The third-order valence-corrected chi connectivity index (χ3v) is 11.8. The molecule has 0 saturated carbocycles. The molecule has 0 aromatic heterocycles. The van der Waals surface area contributed by atoms with Crippen LogP contribution in [0.4, 0.5) is 5.69 Å². The van der Waals surface area contributed by atoms with E-state index < -0.39 is 0 Å². The standard InChI is InChI=1S/C48H47N3/c1-33-22-26-45-42(30-33)43-32-36(24-27-46(43)51(45)38-18-10-5-11-19-38)35-23-25-44-41(31-35)39-20-12-13-21-40(39)47(49-44)50-48(2,37-16-8-4-9-17-37)29-28-34-14-6-3-7-15-34/h3-12,14-20,22-26,31-33,41,44,46H,13,21,27-30H2,1-2H3,(H,49,50)/t33?,41?,44?,46?,48-/m0/s1. The van der Waals surface area contributed by atoms with Crippen LogP contribution in [0.5, 0.6) is 0 Å². The third-order valence-electron chi connectivity index (χ3n) is 11.8. The Morgan fingerprint density at radius 1 is 0.843 bits per heavy atom. The zero-order chi connectivity index (χ0) is 34.4. The van der Waals surface area contributed by atoms with Gasteiger partial charge in [0.15, 0.2) is 0 Å². The van der Waals surface area contributed by atoms with Crippen LogP contribution in [0.1, 0.15) is 57.1 Å². The summed E-state index contributed by atoms with van der Waals surface area (Å²) in [6, 6.07) is 33.2. The largest absolute Gasteiger partial charge is 0.363 e. The number of para-hydroxylation sites is 1. The molecular formula is C48H47N3. The highest BCUT2D eigenvalue weighted by Gasteiger charge is 2.40. The van der Waals surface area contributed by atoms with E-state index in [0.29, 0.717) is 12.0 Å². The Bertz CT molecular complexity index is 2100. The highest BCUT2D eigenvalue weighted by atomic mass is 15.2.